The molecule has 0 spiro atoms. The predicted octanol–water partition coefficient (Wildman–Crippen LogP) is 3.70. The molecule has 0 unspecified atom stereocenters. The summed E-state index contributed by atoms with van der Waals surface area (Å²) in [5.74, 6) is -0.258. The third-order valence-corrected chi connectivity index (χ3v) is 5.80. The molecule has 0 saturated carbocycles. The summed E-state index contributed by atoms with van der Waals surface area (Å²) in [5.41, 5.74) is 4.74. The van der Waals surface area contributed by atoms with Gasteiger partial charge in [-0.15, -0.1) is 0 Å². The van der Waals surface area contributed by atoms with Crippen LogP contribution < -0.4 is 10.5 Å². The molecule has 3 aromatic rings. The van der Waals surface area contributed by atoms with Gasteiger partial charge in [0.25, 0.3) is 11.5 Å². The molecule has 0 saturated heterocycles. The van der Waals surface area contributed by atoms with Crippen molar-refractivity contribution < 1.29 is 4.79 Å². The lowest BCUT2D eigenvalue weighted by molar-refractivity contribution is -0.118. The highest BCUT2D eigenvalue weighted by molar-refractivity contribution is 6.02. The number of hydrogen-bond donors (Lipinski definition) is 0. The summed E-state index contributed by atoms with van der Waals surface area (Å²) in [5, 5.41) is 14.0. The van der Waals surface area contributed by atoms with Crippen LogP contribution in [0.2, 0.25) is 0 Å². The number of fused-ring (bicyclic) bond motifs is 2. The van der Waals surface area contributed by atoms with E-state index in [1.165, 1.54) is 0 Å². The van der Waals surface area contributed by atoms with Crippen molar-refractivity contribution >= 4 is 17.3 Å². The van der Waals surface area contributed by atoms with E-state index in [1.807, 2.05) is 68.4 Å². The van der Waals surface area contributed by atoms with Crippen molar-refractivity contribution in [3.8, 4) is 6.07 Å². The third kappa shape index (κ3) is 3.64. The molecule has 4 rings (SSSR count). The summed E-state index contributed by atoms with van der Waals surface area (Å²) >= 11 is 0. The van der Waals surface area contributed by atoms with E-state index >= 15 is 0 Å². The number of anilines is 2. The normalized spacial score (nSPS) is 12.5. The van der Waals surface area contributed by atoms with Gasteiger partial charge in [0.2, 0.25) is 0 Å². The first-order valence-corrected chi connectivity index (χ1v) is 10.6. The summed E-state index contributed by atoms with van der Waals surface area (Å²) in [4.78, 5) is 28.2. The Balaban J connectivity index is 1.82. The summed E-state index contributed by atoms with van der Waals surface area (Å²) < 4.78 is 1.15. The first-order valence-electron chi connectivity index (χ1n) is 10.6. The number of para-hydroxylation sites is 2. The van der Waals surface area contributed by atoms with Gasteiger partial charge in [-0.2, -0.15) is 10.4 Å². The molecule has 1 aliphatic rings. The van der Waals surface area contributed by atoms with E-state index in [0.29, 0.717) is 24.1 Å². The summed E-state index contributed by atoms with van der Waals surface area (Å²) in [6, 6.07) is 17.7. The number of nitrogens with zero attached hydrogens (tertiary/aromatic N) is 4. The average Bonchev–Trinajstić information content (AvgIpc) is 2.96. The van der Waals surface area contributed by atoms with Crippen molar-refractivity contribution in [3.05, 3.63) is 86.8 Å². The Bertz CT molecular complexity index is 1210. The van der Waals surface area contributed by atoms with Gasteiger partial charge in [-0.3, -0.25) is 14.5 Å². The van der Waals surface area contributed by atoms with E-state index in [2.05, 4.69) is 5.10 Å². The lowest BCUT2D eigenvalue weighted by Gasteiger charge is -2.25. The van der Waals surface area contributed by atoms with Crippen molar-refractivity contribution in [1.29, 1.82) is 5.26 Å². The van der Waals surface area contributed by atoms with Gasteiger partial charge in [0.15, 0.2) is 0 Å². The van der Waals surface area contributed by atoms with E-state index in [1.54, 1.807) is 4.90 Å². The molecule has 6 heteroatoms. The quantitative estimate of drug-likeness (QED) is 0.654. The third-order valence-electron chi connectivity index (χ3n) is 5.80. The van der Waals surface area contributed by atoms with Crippen molar-refractivity contribution in [2.75, 3.05) is 4.90 Å². The molecule has 156 valence electrons. The first kappa shape index (κ1) is 20.5. The molecule has 2 heterocycles. The van der Waals surface area contributed by atoms with Crippen LogP contribution in [-0.2, 0) is 37.0 Å². The van der Waals surface area contributed by atoms with Gasteiger partial charge in [-0.25, -0.2) is 4.68 Å². The Labute approximate surface area is 181 Å². The fourth-order valence-corrected chi connectivity index (χ4v) is 4.29. The fourth-order valence-electron chi connectivity index (χ4n) is 4.29. The molecule has 1 aromatic heterocycles. The molecular formula is C25H24N4O2. The molecular weight excluding hydrogens is 388 g/mol. The highest BCUT2D eigenvalue weighted by atomic mass is 16.2. The first-order chi connectivity index (χ1) is 15.1. The maximum atomic E-state index is 13.6. The van der Waals surface area contributed by atoms with E-state index in [4.69, 9.17) is 0 Å². The van der Waals surface area contributed by atoms with Crippen molar-refractivity contribution in [1.82, 2.24) is 9.78 Å². The minimum absolute atomic E-state index is 0.0822. The smallest absolute Gasteiger partial charge is 0.279 e. The average molecular weight is 412 g/mol. The number of benzene rings is 2. The van der Waals surface area contributed by atoms with Gasteiger partial charge < -0.3 is 0 Å². The lowest BCUT2D eigenvalue weighted by Crippen LogP contribution is -2.37. The second kappa shape index (κ2) is 8.57. The van der Waals surface area contributed by atoms with E-state index in [9.17, 15) is 14.9 Å². The zero-order valence-electron chi connectivity index (χ0n) is 17.8. The van der Waals surface area contributed by atoms with Crippen molar-refractivity contribution in [2.45, 2.75) is 46.1 Å². The van der Waals surface area contributed by atoms with Crippen LogP contribution in [0.1, 0.15) is 41.8 Å². The standard InChI is InChI=1S/C25H24N4O2/c1-3-19-20(15-26)25(31)28(27-21(19)4-2)16-24(30)29-22-11-7-5-9-17(22)13-14-18-10-6-8-12-23(18)29/h5-12H,3-4,13-14,16H2,1-2H3. The van der Waals surface area contributed by atoms with Gasteiger partial charge in [0, 0.05) is 0 Å². The van der Waals surface area contributed by atoms with Gasteiger partial charge >= 0.3 is 0 Å². The number of rotatable bonds is 4. The largest absolute Gasteiger partial charge is 0.285 e. The number of carbonyl (C=O) groups excluding carboxylic acids is 1. The highest BCUT2D eigenvalue weighted by Crippen LogP contribution is 2.36. The van der Waals surface area contributed by atoms with Gasteiger partial charge in [0.1, 0.15) is 18.2 Å². The van der Waals surface area contributed by atoms with Gasteiger partial charge in [-0.1, -0.05) is 50.2 Å². The number of amides is 1. The number of nitriles is 1. The Morgan fingerprint density at radius 1 is 1.00 bits per heavy atom. The Hall–Kier alpha value is -3.72. The van der Waals surface area contributed by atoms with Gasteiger partial charge in [-0.05, 0) is 54.5 Å². The minimum Gasteiger partial charge on any atom is -0.279 e. The Morgan fingerprint density at radius 3 is 2.10 bits per heavy atom. The van der Waals surface area contributed by atoms with E-state index in [0.717, 1.165) is 40.0 Å². The number of hydrogen-bond acceptors (Lipinski definition) is 4. The molecule has 0 N–H and O–H groups in total. The second-order valence-corrected chi connectivity index (χ2v) is 7.57. The van der Waals surface area contributed by atoms with Crippen LogP contribution in [-0.4, -0.2) is 15.7 Å². The van der Waals surface area contributed by atoms with E-state index in [-0.39, 0.29) is 18.0 Å². The molecule has 1 amide bonds. The summed E-state index contributed by atoms with van der Waals surface area (Å²) in [6.45, 7) is 3.60. The topological polar surface area (TPSA) is 79.0 Å². The zero-order chi connectivity index (χ0) is 22.0. The molecule has 0 atom stereocenters. The van der Waals surface area contributed by atoms with Crippen molar-refractivity contribution in [3.63, 3.8) is 0 Å². The van der Waals surface area contributed by atoms with Crippen LogP contribution in [0.15, 0.2) is 53.3 Å². The fraction of sp³-hybridized carbons (Fsp3) is 0.280. The minimum atomic E-state index is -0.513. The molecule has 1 aliphatic heterocycles. The molecule has 0 radical (unpaired) electrons. The number of aromatic nitrogens is 2. The van der Waals surface area contributed by atoms with Crippen LogP contribution in [0.3, 0.4) is 0 Å². The maximum absolute atomic E-state index is 13.6. The maximum Gasteiger partial charge on any atom is 0.285 e. The summed E-state index contributed by atoms with van der Waals surface area (Å²) in [7, 11) is 0. The lowest BCUT2D eigenvalue weighted by atomic mass is 10.0. The second-order valence-electron chi connectivity index (χ2n) is 7.57. The monoisotopic (exact) mass is 412 g/mol. The SMILES string of the molecule is CCc1nn(CC(=O)N2c3ccccc3CCc3ccccc32)c(=O)c(C#N)c1CC. The molecule has 0 fully saturated rings. The highest BCUT2D eigenvalue weighted by Gasteiger charge is 2.27. The Kier molecular flexibility index (Phi) is 5.68. The van der Waals surface area contributed by atoms with Crippen LogP contribution in [0, 0.1) is 11.3 Å². The summed E-state index contributed by atoms with van der Waals surface area (Å²) in [6.07, 6.45) is 2.80. The molecule has 6 nitrogen and oxygen atoms in total. The molecule has 31 heavy (non-hydrogen) atoms. The van der Waals surface area contributed by atoms with E-state index < -0.39 is 5.56 Å². The van der Waals surface area contributed by atoms with Crippen molar-refractivity contribution in [2.24, 2.45) is 0 Å². The Morgan fingerprint density at radius 2 is 1.58 bits per heavy atom. The van der Waals surface area contributed by atoms with Crippen LogP contribution in [0.25, 0.3) is 0 Å². The van der Waals surface area contributed by atoms with Crippen LogP contribution in [0.4, 0.5) is 11.4 Å². The van der Waals surface area contributed by atoms with Gasteiger partial charge in [0.05, 0.1) is 17.1 Å². The zero-order valence-corrected chi connectivity index (χ0v) is 17.8. The number of aryl methyl sites for hydroxylation is 3. The van der Waals surface area contributed by atoms with Crippen LogP contribution in [0.5, 0.6) is 0 Å². The predicted molar refractivity (Wildman–Crippen MR) is 119 cm³/mol. The molecule has 0 bridgehead atoms. The molecule has 0 aliphatic carbocycles. The van der Waals surface area contributed by atoms with Crippen LogP contribution >= 0.6 is 0 Å². The number of carbonyl (C=O) groups is 1. The molecule has 2 aromatic carbocycles.